The van der Waals surface area contributed by atoms with E-state index in [1.807, 2.05) is 6.92 Å². The zero-order valence-electron chi connectivity index (χ0n) is 7.88. The largest absolute Gasteiger partial charge is 0.381 e. The molecule has 1 rings (SSSR count). The topological polar surface area (TPSA) is 38.3 Å². The van der Waals surface area contributed by atoms with E-state index in [-0.39, 0.29) is 17.2 Å². The Balaban J connectivity index is 2.21. The fraction of sp³-hybridized carbons (Fsp3) is 0.889. The van der Waals surface area contributed by atoms with Crippen molar-refractivity contribution in [3.05, 3.63) is 0 Å². The van der Waals surface area contributed by atoms with E-state index < -0.39 is 0 Å². The molecule has 1 heterocycles. The number of nitrogens with one attached hydrogen (secondary N) is 1. The first kappa shape index (κ1) is 10.8. The number of alkyl halides is 1. The molecule has 0 radical (unpaired) electrons. The fourth-order valence-electron chi connectivity index (χ4n) is 1.35. The van der Waals surface area contributed by atoms with Crippen molar-refractivity contribution in [2.45, 2.75) is 25.1 Å². The molecule has 0 aliphatic carbocycles. The second-order valence-electron chi connectivity index (χ2n) is 3.41. The Labute approximate surface area is 83.8 Å². The highest BCUT2D eigenvalue weighted by Crippen LogP contribution is 2.14. The van der Waals surface area contributed by atoms with Crippen molar-refractivity contribution < 1.29 is 9.53 Å². The smallest absolute Gasteiger partial charge is 0.223 e. The Morgan fingerprint density at radius 2 is 2.23 bits per heavy atom. The van der Waals surface area contributed by atoms with Gasteiger partial charge in [0.15, 0.2) is 0 Å². The van der Waals surface area contributed by atoms with Gasteiger partial charge in [-0.25, -0.2) is 0 Å². The first-order chi connectivity index (χ1) is 6.20. The molecule has 1 aliphatic heterocycles. The lowest BCUT2D eigenvalue weighted by molar-refractivity contribution is -0.127. The van der Waals surface area contributed by atoms with Crippen molar-refractivity contribution in [2.75, 3.05) is 19.8 Å². The number of ether oxygens (including phenoxy) is 1. The summed E-state index contributed by atoms with van der Waals surface area (Å²) in [6.45, 7) is 3.83. The zero-order chi connectivity index (χ0) is 9.68. The summed E-state index contributed by atoms with van der Waals surface area (Å²) < 4.78 is 5.17. The molecule has 0 saturated carbocycles. The van der Waals surface area contributed by atoms with Crippen LogP contribution in [0.15, 0.2) is 0 Å². The van der Waals surface area contributed by atoms with Gasteiger partial charge in [-0.1, -0.05) is 0 Å². The van der Waals surface area contributed by atoms with Crippen molar-refractivity contribution in [3.8, 4) is 0 Å². The number of carbonyl (C=O) groups is 1. The quantitative estimate of drug-likeness (QED) is 0.703. The third-order valence-corrected chi connectivity index (χ3v) is 2.30. The molecule has 0 bridgehead atoms. The molecular weight excluding hydrogens is 190 g/mol. The molecule has 1 saturated heterocycles. The van der Waals surface area contributed by atoms with Crippen LogP contribution in [0.25, 0.3) is 0 Å². The number of amides is 1. The molecule has 1 aliphatic rings. The molecule has 1 amide bonds. The molecule has 0 aromatic heterocycles. The van der Waals surface area contributed by atoms with Crippen LogP contribution in [0.5, 0.6) is 0 Å². The van der Waals surface area contributed by atoms with Gasteiger partial charge in [0.1, 0.15) is 0 Å². The molecule has 1 unspecified atom stereocenters. The summed E-state index contributed by atoms with van der Waals surface area (Å²) >= 11 is 5.72. The van der Waals surface area contributed by atoms with E-state index in [2.05, 4.69) is 5.32 Å². The van der Waals surface area contributed by atoms with Crippen LogP contribution in [0, 0.1) is 5.92 Å². The van der Waals surface area contributed by atoms with Gasteiger partial charge in [-0.15, -0.1) is 11.6 Å². The third kappa shape index (κ3) is 3.96. The first-order valence-corrected chi connectivity index (χ1v) is 5.13. The standard InChI is InChI=1S/C9H16ClNO2/c1-7(10)6-11-9(12)8-2-4-13-5-3-8/h7-8H,2-6H2,1H3,(H,11,12). The predicted molar refractivity (Wildman–Crippen MR) is 51.9 cm³/mol. The summed E-state index contributed by atoms with van der Waals surface area (Å²) in [5, 5.41) is 2.83. The van der Waals surface area contributed by atoms with E-state index in [1.165, 1.54) is 0 Å². The highest BCUT2D eigenvalue weighted by molar-refractivity contribution is 6.20. The molecule has 76 valence electrons. The molecule has 1 fully saturated rings. The molecule has 4 heteroatoms. The Kier molecular flexibility index (Phi) is 4.53. The SMILES string of the molecule is CC(Cl)CNC(=O)C1CCOCC1. The van der Waals surface area contributed by atoms with Crippen LogP contribution in [0.2, 0.25) is 0 Å². The van der Waals surface area contributed by atoms with Crippen molar-refractivity contribution >= 4 is 17.5 Å². The lowest BCUT2D eigenvalue weighted by atomic mass is 9.99. The van der Waals surface area contributed by atoms with E-state index >= 15 is 0 Å². The maximum absolute atomic E-state index is 11.5. The molecule has 0 aromatic rings. The normalized spacial score (nSPS) is 21.1. The van der Waals surface area contributed by atoms with Crippen LogP contribution < -0.4 is 5.32 Å². The van der Waals surface area contributed by atoms with Crippen LogP contribution in [0.1, 0.15) is 19.8 Å². The van der Waals surface area contributed by atoms with Crippen molar-refractivity contribution in [2.24, 2.45) is 5.92 Å². The monoisotopic (exact) mass is 205 g/mol. The zero-order valence-corrected chi connectivity index (χ0v) is 8.64. The molecule has 0 spiro atoms. The molecule has 1 atom stereocenters. The van der Waals surface area contributed by atoms with Crippen molar-refractivity contribution in [1.29, 1.82) is 0 Å². The minimum Gasteiger partial charge on any atom is -0.381 e. The Morgan fingerprint density at radius 1 is 1.62 bits per heavy atom. The van der Waals surface area contributed by atoms with Gasteiger partial charge >= 0.3 is 0 Å². The molecule has 0 aromatic carbocycles. The van der Waals surface area contributed by atoms with E-state index in [0.29, 0.717) is 19.8 Å². The summed E-state index contributed by atoms with van der Waals surface area (Å²) in [5.41, 5.74) is 0. The summed E-state index contributed by atoms with van der Waals surface area (Å²) in [4.78, 5) is 11.5. The second-order valence-corrected chi connectivity index (χ2v) is 4.16. The van der Waals surface area contributed by atoms with Crippen LogP contribution in [-0.4, -0.2) is 31.0 Å². The van der Waals surface area contributed by atoms with Gasteiger partial charge in [0.2, 0.25) is 5.91 Å². The van der Waals surface area contributed by atoms with Crippen molar-refractivity contribution in [3.63, 3.8) is 0 Å². The number of halogens is 1. The Hall–Kier alpha value is -0.280. The Morgan fingerprint density at radius 3 is 2.77 bits per heavy atom. The molecule has 3 nitrogen and oxygen atoms in total. The van der Waals surface area contributed by atoms with Gasteiger partial charge in [0.25, 0.3) is 0 Å². The summed E-state index contributed by atoms with van der Waals surface area (Å²) in [6, 6.07) is 0. The molecule has 1 N–H and O–H groups in total. The highest BCUT2D eigenvalue weighted by atomic mass is 35.5. The maximum Gasteiger partial charge on any atom is 0.223 e. The van der Waals surface area contributed by atoms with Gasteiger partial charge in [-0.05, 0) is 19.8 Å². The summed E-state index contributed by atoms with van der Waals surface area (Å²) in [6.07, 6.45) is 1.67. The van der Waals surface area contributed by atoms with E-state index in [1.54, 1.807) is 0 Å². The minimum absolute atomic E-state index is 0.00351. The van der Waals surface area contributed by atoms with Gasteiger partial charge in [-0.3, -0.25) is 4.79 Å². The number of hydrogen-bond acceptors (Lipinski definition) is 2. The van der Waals surface area contributed by atoms with E-state index in [4.69, 9.17) is 16.3 Å². The van der Waals surface area contributed by atoms with Crippen LogP contribution in [0.3, 0.4) is 0 Å². The van der Waals surface area contributed by atoms with Crippen LogP contribution in [-0.2, 0) is 9.53 Å². The molecular formula is C9H16ClNO2. The second kappa shape index (κ2) is 5.45. The summed E-state index contributed by atoms with van der Waals surface area (Å²) in [7, 11) is 0. The van der Waals surface area contributed by atoms with Gasteiger partial charge < -0.3 is 10.1 Å². The van der Waals surface area contributed by atoms with Crippen molar-refractivity contribution in [1.82, 2.24) is 5.32 Å². The Bertz CT molecular complexity index is 167. The first-order valence-electron chi connectivity index (χ1n) is 4.69. The fourth-order valence-corrected chi connectivity index (χ4v) is 1.42. The van der Waals surface area contributed by atoms with Crippen LogP contribution in [0.4, 0.5) is 0 Å². The highest BCUT2D eigenvalue weighted by Gasteiger charge is 2.21. The third-order valence-electron chi connectivity index (χ3n) is 2.15. The van der Waals surface area contributed by atoms with Gasteiger partial charge in [-0.2, -0.15) is 0 Å². The van der Waals surface area contributed by atoms with Gasteiger partial charge in [0.05, 0.1) is 0 Å². The number of hydrogen-bond donors (Lipinski definition) is 1. The lowest BCUT2D eigenvalue weighted by Gasteiger charge is -2.21. The average molecular weight is 206 g/mol. The minimum atomic E-state index is 0.00351. The predicted octanol–water partition coefficient (Wildman–Crippen LogP) is 1.16. The number of rotatable bonds is 3. The van der Waals surface area contributed by atoms with Crippen LogP contribution >= 0.6 is 11.6 Å². The number of carbonyl (C=O) groups excluding carboxylic acids is 1. The maximum atomic E-state index is 11.5. The molecule has 13 heavy (non-hydrogen) atoms. The van der Waals surface area contributed by atoms with E-state index in [0.717, 1.165) is 12.8 Å². The van der Waals surface area contributed by atoms with Gasteiger partial charge in [0, 0.05) is 31.1 Å². The summed E-state index contributed by atoms with van der Waals surface area (Å²) in [5.74, 6) is 0.250. The average Bonchev–Trinajstić information content (AvgIpc) is 2.15. The van der Waals surface area contributed by atoms with E-state index in [9.17, 15) is 4.79 Å². The lowest BCUT2D eigenvalue weighted by Crippen LogP contribution is -2.36.